The van der Waals surface area contributed by atoms with Gasteiger partial charge in [-0.1, -0.05) is 52.2 Å². The Balaban J connectivity index is 0. The van der Waals surface area contributed by atoms with Crippen LogP contribution in [0.4, 0.5) is 10.1 Å². The second kappa shape index (κ2) is 18.4. The molecule has 2 rings (SSSR count). The fraction of sp³-hybridized carbons (Fsp3) is 0.560. The molecule has 0 radical (unpaired) electrons. The van der Waals surface area contributed by atoms with Gasteiger partial charge >= 0.3 is 0 Å². The van der Waals surface area contributed by atoms with Gasteiger partial charge < -0.3 is 20.6 Å². The third-order valence-corrected chi connectivity index (χ3v) is 4.23. The van der Waals surface area contributed by atoms with Crippen LogP contribution in [0, 0.1) is 18.7 Å². The van der Waals surface area contributed by atoms with Crippen molar-refractivity contribution in [2.45, 2.75) is 67.7 Å². The van der Waals surface area contributed by atoms with Crippen LogP contribution in [-0.2, 0) is 4.79 Å². The molecular formula is C25H44FN3O2. The Bertz CT molecular complexity index is 683. The molecule has 6 heteroatoms. The van der Waals surface area contributed by atoms with Crippen LogP contribution in [0.5, 0.6) is 0 Å². The molecule has 5 nitrogen and oxygen atoms in total. The molecule has 1 saturated carbocycles. The van der Waals surface area contributed by atoms with Crippen LogP contribution in [0.2, 0.25) is 0 Å². The number of benzene rings is 1. The summed E-state index contributed by atoms with van der Waals surface area (Å²) in [5.74, 6) is 1.22. The topological polar surface area (TPSA) is 64.6 Å². The van der Waals surface area contributed by atoms with Gasteiger partial charge in [-0.2, -0.15) is 0 Å². The standard InChI is InChI=1S/C17H24FN3O.C4H8.C2H6O.C2H6/c1-6-12(2)10-16(19-4)17(21(5)11-22)20-15-8-7-13(3)9-14(15)18;1-4-2-3-4;1-2-3;1-2/h7-11,19-20H,6H2,1-5H3;4H,2-3H2,1H3;3H,2H2,1H3;1-2H3/b12-10+,17-16+;;;. The second-order valence-corrected chi connectivity index (χ2v) is 7.18. The fourth-order valence-corrected chi connectivity index (χ4v) is 2.02. The predicted octanol–water partition coefficient (Wildman–Crippen LogP) is 5.82. The number of allylic oxidation sites excluding steroid dienone is 2. The quantitative estimate of drug-likeness (QED) is 0.371. The van der Waals surface area contributed by atoms with Crippen LogP contribution in [0.15, 0.2) is 41.4 Å². The van der Waals surface area contributed by atoms with E-state index in [4.69, 9.17) is 5.11 Å². The van der Waals surface area contributed by atoms with Crippen molar-refractivity contribution in [3.63, 3.8) is 0 Å². The van der Waals surface area contributed by atoms with Gasteiger partial charge in [0.25, 0.3) is 0 Å². The van der Waals surface area contributed by atoms with E-state index >= 15 is 0 Å². The summed E-state index contributed by atoms with van der Waals surface area (Å²) in [6.07, 6.45) is 6.48. The molecule has 1 fully saturated rings. The summed E-state index contributed by atoms with van der Waals surface area (Å²) in [4.78, 5) is 12.5. The summed E-state index contributed by atoms with van der Waals surface area (Å²) in [7, 11) is 3.38. The van der Waals surface area contributed by atoms with E-state index in [1.54, 1.807) is 27.1 Å². The number of carbonyl (C=O) groups is 1. The number of hydrogen-bond donors (Lipinski definition) is 3. The lowest BCUT2D eigenvalue weighted by Gasteiger charge is -2.21. The van der Waals surface area contributed by atoms with Gasteiger partial charge in [-0.3, -0.25) is 4.79 Å². The van der Waals surface area contributed by atoms with E-state index in [1.807, 2.05) is 39.8 Å². The zero-order valence-corrected chi connectivity index (χ0v) is 21.0. The van der Waals surface area contributed by atoms with Gasteiger partial charge in [0, 0.05) is 20.7 Å². The maximum absolute atomic E-state index is 14.0. The first-order chi connectivity index (χ1) is 14.7. The number of anilines is 1. The minimum atomic E-state index is -0.358. The molecule has 1 amide bonds. The van der Waals surface area contributed by atoms with Gasteiger partial charge in [-0.25, -0.2) is 4.39 Å². The monoisotopic (exact) mass is 437 g/mol. The lowest BCUT2D eigenvalue weighted by Crippen LogP contribution is -2.27. The van der Waals surface area contributed by atoms with Crippen molar-refractivity contribution in [1.29, 1.82) is 0 Å². The molecule has 3 N–H and O–H groups in total. The van der Waals surface area contributed by atoms with Crippen molar-refractivity contribution < 1.29 is 14.3 Å². The van der Waals surface area contributed by atoms with Crippen molar-refractivity contribution in [2.75, 3.05) is 26.0 Å². The highest BCUT2D eigenvalue weighted by molar-refractivity contribution is 5.58. The number of amides is 1. The Morgan fingerprint density at radius 3 is 2.16 bits per heavy atom. The summed E-state index contributed by atoms with van der Waals surface area (Å²) >= 11 is 0. The zero-order valence-electron chi connectivity index (χ0n) is 21.0. The molecule has 0 atom stereocenters. The Morgan fingerprint density at radius 2 is 1.81 bits per heavy atom. The molecule has 31 heavy (non-hydrogen) atoms. The highest BCUT2D eigenvalue weighted by Crippen LogP contribution is 2.26. The Kier molecular flexibility index (Phi) is 18.3. The van der Waals surface area contributed by atoms with E-state index in [9.17, 15) is 9.18 Å². The van der Waals surface area contributed by atoms with Gasteiger partial charge in [0.2, 0.25) is 6.41 Å². The number of aryl methyl sites for hydroxylation is 1. The third kappa shape index (κ3) is 14.3. The van der Waals surface area contributed by atoms with Crippen molar-refractivity contribution in [2.24, 2.45) is 5.92 Å². The highest BCUT2D eigenvalue weighted by atomic mass is 19.1. The number of nitrogens with zero attached hydrogens (tertiary/aromatic N) is 1. The van der Waals surface area contributed by atoms with Crippen LogP contribution in [0.25, 0.3) is 0 Å². The lowest BCUT2D eigenvalue weighted by atomic mass is 10.2. The molecular weight excluding hydrogens is 393 g/mol. The number of nitrogens with one attached hydrogen (secondary N) is 2. The number of likely N-dealkylation sites (N-methyl/N-ethyl adjacent to an activating group) is 1. The van der Waals surface area contributed by atoms with E-state index in [2.05, 4.69) is 24.5 Å². The summed E-state index contributed by atoms with van der Waals surface area (Å²) in [6, 6.07) is 4.93. The summed E-state index contributed by atoms with van der Waals surface area (Å²) in [6.45, 7) is 14.1. The molecule has 0 bridgehead atoms. The van der Waals surface area contributed by atoms with Crippen molar-refractivity contribution >= 4 is 12.1 Å². The van der Waals surface area contributed by atoms with Crippen LogP contribution in [0.3, 0.4) is 0 Å². The maximum atomic E-state index is 14.0. The van der Waals surface area contributed by atoms with E-state index in [-0.39, 0.29) is 12.4 Å². The molecule has 1 aromatic carbocycles. The fourth-order valence-electron chi connectivity index (χ4n) is 2.02. The van der Waals surface area contributed by atoms with E-state index in [0.29, 0.717) is 23.6 Å². The minimum Gasteiger partial charge on any atom is -0.397 e. The van der Waals surface area contributed by atoms with E-state index in [1.165, 1.54) is 23.8 Å². The van der Waals surface area contributed by atoms with Gasteiger partial charge in [0.1, 0.15) is 11.6 Å². The van der Waals surface area contributed by atoms with Crippen LogP contribution in [-0.4, -0.2) is 37.1 Å². The average molecular weight is 438 g/mol. The molecule has 0 aliphatic heterocycles. The lowest BCUT2D eigenvalue weighted by molar-refractivity contribution is -0.115. The van der Waals surface area contributed by atoms with Gasteiger partial charge in [-0.15, -0.1) is 0 Å². The van der Waals surface area contributed by atoms with Crippen molar-refractivity contribution in [1.82, 2.24) is 10.2 Å². The highest BCUT2D eigenvalue weighted by Gasteiger charge is 2.13. The van der Waals surface area contributed by atoms with E-state index < -0.39 is 0 Å². The molecule has 1 aliphatic rings. The summed E-state index contributed by atoms with van der Waals surface area (Å²) in [5.41, 5.74) is 3.03. The maximum Gasteiger partial charge on any atom is 0.215 e. The molecule has 178 valence electrons. The number of aliphatic hydroxyl groups excluding tert-OH is 1. The zero-order chi connectivity index (χ0) is 24.4. The normalized spacial score (nSPS) is 13.1. The first-order valence-corrected chi connectivity index (χ1v) is 11.1. The summed E-state index contributed by atoms with van der Waals surface area (Å²) in [5, 5.41) is 13.6. The first-order valence-electron chi connectivity index (χ1n) is 11.1. The van der Waals surface area contributed by atoms with E-state index in [0.717, 1.165) is 23.5 Å². The Labute approximate surface area is 189 Å². The molecule has 1 aromatic rings. The SMILES string of the molecule is CC.CC/C(C)=C/C(NC)=C(/Nc1ccc(C)cc1F)N(C)C=O.CC1CC1.CCO. The number of aliphatic hydroxyl groups is 1. The Morgan fingerprint density at radius 1 is 1.29 bits per heavy atom. The third-order valence-electron chi connectivity index (χ3n) is 4.23. The smallest absolute Gasteiger partial charge is 0.215 e. The number of rotatable bonds is 7. The minimum absolute atomic E-state index is 0.250. The van der Waals surface area contributed by atoms with Crippen molar-refractivity contribution in [3.8, 4) is 0 Å². The van der Waals surface area contributed by atoms with Gasteiger partial charge in [0.05, 0.1) is 11.4 Å². The van der Waals surface area contributed by atoms with Crippen molar-refractivity contribution in [3.05, 3.63) is 52.7 Å². The van der Waals surface area contributed by atoms with Crippen LogP contribution in [0.1, 0.15) is 66.4 Å². The molecule has 0 spiro atoms. The van der Waals surface area contributed by atoms with Gasteiger partial charge in [0.15, 0.2) is 0 Å². The molecule has 0 heterocycles. The van der Waals surface area contributed by atoms with Gasteiger partial charge in [-0.05, 0) is 56.9 Å². The predicted molar refractivity (Wildman–Crippen MR) is 131 cm³/mol. The molecule has 0 saturated heterocycles. The number of halogens is 1. The second-order valence-electron chi connectivity index (χ2n) is 7.18. The number of hydrogen-bond acceptors (Lipinski definition) is 4. The van der Waals surface area contributed by atoms with Crippen LogP contribution < -0.4 is 10.6 Å². The largest absolute Gasteiger partial charge is 0.397 e. The summed E-state index contributed by atoms with van der Waals surface area (Å²) < 4.78 is 14.0. The molecule has 0 aromatic heterocycles. The Hall–Kier alpha value is -2.34. The van der Waals surface area contributed by atoms with Crippen LogP contribution >= 0.6 is 0 Å². The average Bonchev–Trinajstić information content (AvgIpc) is 3.55. The number of carbonyl (C=O) groups excluding carboxylic acids is 1. The molecule has 1 aliphatic carbocycles. The molecule has 0 unspecified atom stereocenters. The first kappa shape index (κ1) is 30.9.